The van der Waals surface area contributed by atoms with Crippen LogP contribution in [-0.2, 0) is 9.53 Å². The zero-order chi connectivity index (χ0) is 15.2. The number of hydrogen-bond acceptors (Lipinski definition) is 3. The summed E-state index contributed by atoms with van der Waals surface area (Å²) in [6.45, 7) is 1.66. The molecule has 21 heavy (non-hydrogen) atoms. The van der Waals surface area contributed by atoms with E-state index in [1.807, 2.05) is 37.3 Å². The largest absolute Gasteiger partial charge is 0.451 e. The van der Waals surface area contributed by atoms with Crippen LogP contribution in [0.4, 0.5) is 0 Å². The van der Waals surface area contributed by atoms with Gasteiger partial charge >= 0.3 is 5.97 Å². The number of amides is 1. The Morgan fingerprint density at radius 2 is 1.90 bits per heavy atom. The van der Waals surface area contributed by atoms with E-state index in [9.17, 15) is 9.59 Å². The van der Waals surface area contributed by atoms with Crippen LogP contribution in [0.1, 0.15) is 29.0 Å². The molecule has 2 rings (SSSR count). The van der Waals surface area contributed by atoms with Crippen LogP contribution < -0.4 is 0 Å². The zero-order valence-corrected chi connectivity index (χ0v) is 12.1. The van der Waals surface area contributed by atoms with Gasteiger partial charge in [0, 0.05) is 13.2 Å². The lowest BCUT2D eigenvalue weighted by atomic mass is 10.1. The molecule has 0 fully saturated rings. The number of ether oxygens (including phenoxy) is 1. The van der Waals surface area contributed by atoms with Crippen LogP contribution in [0.15, 0.2) is 48.7 Å². The molecule has 1 atom stereocenters. The van der Waals surface area contributed by atoms with Gasteiger partial charge in [-0.15, -0.1) is 0 Å². The van der Waals surface area contributed by atoms with Crippen LogP contribution >= 0.6 is 0 Å². The molecule has 5 heteroatoms. The molecule has 1 N–H and O–H groups in total. The van der Waals surface area contributed by atoms with Crippen LogP contribution in [0.25, 0.3) is 0 Å². The molecule has 110 valence electrons. The highest BCUT2D eigenvalue weighted by molar-refractivity contribution is 5.89. The monoisotopic (exact) mass is 286 g/mol. The number of aromatic amines is 1. The molecule has 1 amide bonds. The Labute approximate surface area is 123 Å². The lowest BCUT2D eigenvalue weighted by molar-refractivity contribution is -0.135. The molecule has 0 aliphatic carbocycles. The van der Waals surface area contributed by atoms with Crippen LogP contribution in [0.5, 0.6) is 0 Å². The Kier molecular flexibility index (Phi) is 4.77. The Bertz CT molecular complexity index is 593. The van der Waals surface area contributed by atoms with E-state index < -0.39 is 5.97 Å². The molecule has 0 spiro atoms. The minimum atomic E-state index is -0.533. The SMILES string of the molecule is C[C@H](c1ccccc1)N(C)C(=O)COC(=O)c1ccc[nH]1. The summed E-state index contributed by atoms with van der Waals surface area (Å²) < 4.78 is 4.99. The summed E-state index contributed by atoms with van der Waals surface area (Å²) in [5.41, 5.74) is 1.37. The average molecular weight is 286 g/mol. The molecule has 1 aromatic carbocycles. The summed E-state index contributed by atoms with van der Waals surface area (Å²) in [4.78, 5) is 28.0. The number of benzene rings is 1. The maximum absolute atomic E-state index is 12.1. The maximum Gasteiger partial charge on any atom is 0.355 e. The second kappa shape index (κ2) is 6.74. The van der Waals surface area contributed by atoms with Crippen molar-refractivity contribution < 1.29 is 14.3 Å². The number of carbonyl (C=O) groups is 2. The number of H-pyrrole nitrogens is 1. The lowest BCUT2D eigenvalue weighted by Crippen LogP contribution is -2.33. The fourth-order valence-electron chi connectivity index (χ4n) is 1.94. The molecule has 0 aliphatic heterocycles. The van der Waals surface area contributed by atoms with Crippen LogP contribution in [0.3, 0.4) is 0 Å². The van der Waals surface area contributed by atoms with Crippen LogP contribution in [0.2, 0.25) is 0 Å². The third kappa shape index (κ3) is 3.72. The first kappa shape index (κ1) is 14.8. The van der Waals surface area contributed by atoms with Gasteiger partial charge in [-0.2, -0.15) is 0 Å². The molecule has 5 nitrogen and oxygen atoms in total. The Balaban J connectivity index is 1.89. The van der Waals surface area contributed by atoms with Gasteiger partial charge in [-0.3, -0.25) is 4.79 Å². The fraction of sp³-hybridized carbons (Fsp3) is 0.250. The van der Waals surface area contributed by atoms with Gasteiger partial charge < -0.3 is 14.6 Å². The maximum atomic E-state index is 12.1. The molecule has 0 bridgehead atoms. The molecule has 2 aromatic rings. The molecular weight excluding hydrogens is 268 g/mol. The first-order valence-corrected chi connectivity index (χ1v) is 6.70. The minimum absolute atomic E-state index is 0.0807. The van der Waals surface area contributed by atoms with Crippen molar-refractivity contribution in [1.82, 2.24) is 9.88 Å². The summed E-state index contributed by atoms with van der Waals surface area (Å²) in [6, 6.07) is 12.9. The van der Waals surface area contributed by atoms with E-state index in [0.29, 0.717) is 5.69 Å². The third-order valence-electron chi connectivity index (χ3n) is 3.40. The number of aromatic nitrogens is 1. The second-order valence-electron chi connectivity index (χ2n) is 4.75. The van der Waals surface area contributed by atoms with Gasteiger partial charge in [0.2, 0.25) is 0 Å². The van der Waals surface area contributed by atoms with Crippen LogP contribution in [0, 0.1) is 0 Å². The smallest absolute Gasteiger partial charge is 0.355 e. The average Bonchev–Trinajstić information content (AvgIpc) is 3.06. The Morgan fingerprint density at radius 1 is 1.19 bits per heavy atom. The second-order valence-corrected chi connectivity index (χ2v) is 4.75. The Hall–Kier alpha value is -2.56. The van der Waals surface area contributed by atoms with Gasteiger partial charge in [-0.25, -0.2) is 4.79 Å². The van der Waals surface area contributed by atoms with Crippen LogP contribution in [-0.4, -0.2) is 35.4 Å². The highest BCUT2D eigenvalue weighted by Gasteiger charge is 2.19. The molecule has 0 saturated carbocycles. The first-order valence-electron chi connectivity index (χ1n) is 6.70. The summed E-state index contributed by atoms with van der Waals surface area (Å²) in [7, 11) is 1.70. The normalized spacial score (nSPS) is 11.7. The van der Waals surface area contributed by atoms with Gasteiger partial charge in [0.1, 0.15) is 5.69 Å². The highest BCUT2D eigenvalue weighted by Crippen LogP contribution is 2.18. The van der Waals surface area contributed by atoms with Gasteiger partial charge in [-0.05, 0) is 24.6 Å². The van der Waals surface area contributed by atoms with Gasteiger partial charge in [0.15, 0.2) is 6.61 Å². The molecule has 1 aromatic heterocycles. The zero-order valence-electron chi connectivity index (χ0n) is 12.1. The number of hydrogen-bond donors (Lipinski definition) is 1. The topological polar surface area (TPSA) is 62.4 Å². The minimum Gasteiger partial charge on any atom is -0.451 e. The Morgan fingerprint density at radius 3 is 2.52 bits per heavy atom. The summed E-state index contributed by atoms with van der Waals surface area (Å²) >= 11 is 0. The number of carbonyl (C=O) groups excluding carboxylic acids is 2. The van der Waals surface area contributed by atoms with E-state index in [4.69, 9.17) is 4.74 Å². The standard InChI is InChI=1S/C16H18N2O3/c1-12(13-7-4-3-5-8-13)18(2)15(19)11-21-16(20)14-9-6-10-17-14/h3-10,12,17H,11H2,1-2H3/t12-/m1/s1. The summed E-state index contributed by atoms with van der Waals surface area (Å²) in [5.74, 6) is -0.777. The van der Waals surface area contributed by atoms with Crippen molar-refractivity contribution in [3.63, 3.8) is 0 Å². The molecule has 0 unspecified atom stereocenters. The predicted octanol–water partition coefficient (Wildman–Crippen LogP) is 2.39. The van der Waals surface area contributed by atoms with Crippen molar-refractivity contribution in [2.24, 2.45) is 0 Å². The van der Waals surface area contributed by atoms with E-state index in [0.717, 1.165) is 5.56 Å². The van der Waals surface area contributed by atoms with E-state index in [1.165, 1.54) is 0 Å². The van der Waals surface area contributed by atoms with Crippen molar-refractivity contribution in [3.8, 4) is 0 Å². The highest BCUT2D eigenvalue weighted by atomic mass is 16.5. The third-order valence-corrected chi connectivity index (χ3v) is 3.40. The first-order chi connectivity index (χ1) is 10.1. The fourth-order valence-corrected chi connectivity index (χ4v) is 1.94. The van der Waals surface area contributed by atoms with E-state index in [2.05, 4.69) is 4.98 Å². The predicted molar refractivity (Wildman–Crippen MR) is 78.7 cm³/mol. The number of rotatable bonds is 5. The van der Waals surface area contributed by atoms with Gasteiger partial charge in [0.05, 0.1) is 6.04 Å². The van der Waals surface area contributed by atoms with E-state index in [1.54, 1.807) is 30.3 Å². The molecule has 0 aliphatic rings. The number of likely N-dealkylation sites (N-methyl/N-ethyl adjacent to an activating group) is 1. The van der Waals surface area contributed by atoms with Crippen molar-refractivity contribution >= 4 is 11.9 Å². The van der Waals surface area contributed by atoms with E-state index >= 15 is 0 Å². The molecule has 1 heterocycles. The quantitative estimate of drug-likeness (QED) is 0.858. The number of esters is 1. The number of nitrogens with zero attached hydrogens (tertiary/aromatic N) is 1. The molecule has 0 radical (unpaired) electrons. The lowest BCUT2D eigenvalue weighted by Gasteiger charge is -2.25. The summed E-state index contributed by atoms with van der Waals surface area (Å²) in [5, 5.41) is 0. The number of nitrogens with one attached hydrogen (secondary N) is 1. The molecule has 0 saturated heterocycles. The van der Waals surface area contributed by atoms with Crippen molar-refractivity contribution in [1.29, 1.82) is 0 Å². The molecular formula is C16H18N2O3. The van der Waals surface area contributed by atoms with Crippen molar-refractivity contribution in [3.05, 3.63) is 59.9 Å². The van der Waals surface area contributed by atoms with Crippen molar-refractivity contribution in [2.45, 2.75) is 13.0 Å². The summed E-state index contributed by atoms with van der Waals surface area (Å²) in [6.07, 6.45) is 1.63. The van der Waals surface area contributed by atoms with Gasteiger partial charge in [-0.1, -0.05) is 30.3 Å². The van der Waals surface area contributed by atoms with Gasteiger partial charge in [0.25, 0.3) is 5.91 Å². The van der Waals surface area contributed by atoms with E-state index in [-0.39, 0.29) is 18.6 Å². The van der Waals surface area contributed by atoms with Crippen molar-refractivity contribution in [2.75, 3.05) is 13.7 Å².